The van der Waals surface area contributed by atoms with Crippen LogP contribution in [0.4, 0.5) is 5.95 Å². The van der Waals surface area contributed by atoms with Crippen molar-refractivity contribution in [3.8, 4) is 0 Å². The van der Waals surface area contributed by atoms with Crippen LogP contribution in [0.2, 0.25) is 0 Å². The van der Waals surface area contributed by atoms with Gasteiger partial charge in [0.15, 0.2) is 0 Å². The van der Waals surface area contributed by atoms with Crippen LogP contribution in [0.1, 0.15) is 32.6 Å². The van der Waals surface area contributed by atoms with Gasteiger partial charge in [0.25, 0.3) is 0 Å². The zero-order valence-electron chi connectivity index (χ0n) is 14.4. The third-order valence-electron chi connectivity index (χ3n) is 5.29. The molecular formula is C19H26N4O. The summed E-state index contributed by atoms with van der Waals surface area (Å²) in [6, 6.07) is 8.28. The molecule has 1 saturated carbocycles. The lowest BCUT2D eigenvalue weighted by Crippen LogP contribution is -2.44. The summed E-state index contributed by atoms with van der Waals surface area (Å²) in [6.45, 7) is 5.67. The number of carbonyl (C=O) groups excluding carboxylic acids is 1. The van der Waals surface area contributed by atoms with Crippen molar-refractivity contribution in [3.63, 3.8) is 0 Å². The van der Waals surface area contributed by atoms with Gasteiger partial charge in [0.2, 0.25) is 11.9 Å². The van der Waals surface area contributed by atoms with Gasteiger partial charge < -0.3 is 14.8 Å². The van der Waals surface area contributed by atoms with Gasteiger partial charge in [-0.3, -0.25) is 4.79 Å². The van der Waals surface area contributed by atoms with Crippen molar-refractivity contribution >= 4 is 22.9 Å². The van der Waals surface area contributed by atoms with Crippen LogP contribution in [0.25, 0.3) is 11.0 Å². The third-order valence-corrected chi connectivity index (χ3v) is 5.29. The first kappa shape index (κ1) is 15.5. The molecule has 0 radical (unpaired) electrons. The molecule has 4 rings (SSSR count). The van der Waals surface area contributed by atoms with Gasteiger partial charge in [-0.1, -0.05) is 12.1 Å². The lowest BCUT2D eigenvalue weighted by molar-refractivity contribution is -0.125. The maximum Gasteiger partial charge on any atom is 0.224 e. The molecule has 1 aromatic heterocycles. The summed E-state index contributed by atoms with van der Waals surface area (Å²) in [6.07, 6.45) is 4.59. The standard InChI is InChI=1S/C19H26N4O/c1-2-23-17-8-4-3-7-16(17)21-19(23)22-11-5-6-15(13-22)18(24)20-12-14-9-10-14/h3-4,7-8,14-15H,2,5-6,9-13H2,1H3,(H,20,24)/t15-/m1/s1. The van der Waals surface area contributed by atoms with Crippen molar-refractivity contribution in [1.29, 1.82) is 0 Å². The highest BCUT2D eigenvalue weighted by molar-refractivity contribution is 5.81. The number of benzene rings is 1. The Morgan fingerprint density at radius 2 is 2.12 bits per heavy atom. The van der Waals surface area contributed by atoms with E-state index in [0.717, 1.165) is 56.4 Å². The van der Waals surface area contributed by atoms with Crippen molar-refractivity contribution in [2.75, 3.05) is 24.5 Å². The van der Waals surface area contributed by atoms with Crippen molar-refractivity contribution < 1.29 is 4.79 Å². The fourth-order valence-electron chi connectivity index (χ4n) is 3.70. The van der Waals surface area contributed by atoms with Gasteiger partial charge in [-0.15, -0.1) is 0 Å². The summed E-state index contributed by atoms with van der Waals surface area (Å²) in [4.78, 5) is 19.6. The number of aromatic nitrogens is 2. The van der Waals surface area contributed by atoms with E-state index in [1.165, 1.54) is 18.4 Å². The van der Waals surface area contributed by atoms with E-state index in [1.54, 1.807) is 0 Å². The molecule has 1 aliphatic heterocycles. The lowest BCUT2D eigenvalue weighted by Gasteiger charge is -2.33. The van der Waals surface area contributed by atoms with Crippen LogP contribution in [0.3, 0.4) is 0 Å². The minimum Gasteiger partial charge on any atom is -0.356 e. The number of amides is 1. The fourth-order valence-corrected chi connectivity index (χ4v) is 3.70. The first-order valence-corrected chi connectivity index (χ1v) is 9.24. The molecular weight excluding hydrogens is 300 g/mol. The summed E-state index contributed by atoms with van der Waals surface area (Å²) < 4.78 is 2.26. The number of hydrogen-bond donors (Lipinski definition) is 1. The van der Waals surface area contributed by atoms with Crippen molar-refractivity contribution in [3.05, 3.63) is 24.3 Å². The number of nitrogens with zero attached hydrogens (tertiary/aromatic N) is 3. The first-order valence-electron chi connectivity index (χ1n) is 9.24. The highest BCUT2D eigenvalue weighted by Crippen LogP contribution is 2.29. The van der Waals surface area contributed by atoms with Gasteiger partial charge in [0.1, 0.15) is 0 Å². The van der Waals surface area contributed by atoms with Crippen LogP contribution in [-0.4, -0.2) is 35.1 Å². The average molecular weight is 326 g/mol. The second-order valence-electron chi connectivity index (χ2n) is 7.12. The maximum absolute atomic E-state index is 12.5. The molecule has 1 saturated heterocycles. The second-order valence-corrected chi connectivity index (χ2v) is 7.12. The first-order chi connectivity index (χ1) is 11.8. The molecule has 1 atom stereocenters. The van der Waals surface area contributed by atoms with Gasteiger partial charge in [-0.25, -0.2) is 4.98 Å². The molecule has 0 spiro atoms. The topological polar surface area (TPSA) is 50.2 Å². The van der Waals surface area contributed by atoms with E-state index in [9.17, 15) is 4.79 Å². The molecule has 5 nitrogen and oxygen atoms in total. The second kappa shape index (κ2) is 6.46. The van der Waals surface area contributed by atoms with Crippen LogP contribution >= 0.6 is 0 Å². The van der Waals surface area contributed by atoms with Gasteiger partial charge in [0.05, 0.1) is 17.0 Å². The molecule has 2 aromatic rings. The normalized spacial score (nSPS) is 21.2. The fraction of sp³-hybridized carbons (Fsp3) is 0.579. The largest absolute Gasteiger partial charge is 0.356 e. The molecule has 0 bridgehead atoms. The molecule has 1 aliphatic carbocycles. The monoisotopic (exact) mass is 326 g/mol. The van der Waals surface area contributed by atoms with Crippen molar-refractivity contribution in [2.45, 2.75) is 39.2 Å². The van der Waals surface area contributed by atoms with Crippen LogP contribution in [0, 0.1) is 11.8 Å². The average Bonchev–Trinajstić information content (AvgIpc) is 3.38. The van der Waals surface area contributed by atoms with Crippen molar-refractivity contribution in [2.24, 2.45) is 11.8 Å². The highest BCUT2D eigenvalue weighted by Gasteiger charge is 2.29. The van der Waals surface area contributed by atoms with E-state index in [-0.39, 0.29) is 11.8 Å². The summed E-state index contributed by atoms with van der Waals surface area (Å²) in [5.41, 5.74) is 2.21. The molecule has 0 unspecified atom stereocenters. The Labute approximate surface area is 143 Å². The molecule has 2 fully saturated rings. The van der Waals surface area contributed by atoms with E-state index >= 15 is 0 Å². The van der Waals surface area contributed by atoms with Crippen LogP contribution in [0.15, 0.2) is 24.3 Å². The Kier molecular flexibility index (Phi) is 4.17. The Bertz CT molecular complexity index is 734. The number of fused-ring (bicyclic) bond motifs is 1. The Hall–Kier alpha value is -2.04. The van der Waals surface area contributed by atoms with E-state index < -0.39 is 0 Å². The number of aryl methyl sites for hydroxylation is 1. The maximum atomic E-state index is 12.5. The Morgan fingerprint density at radius 1 is 1.29 bits per heavy atom. The quantitative estimate of drug-likeness (QED) is 0.919. The molecule has 1 N–H and O–H groups in total. The van der Waals surface area contributed by atoms with Gasteiger partial charge in [0, 0.05) is 26.2 Å². The number of rotatable bonds is 5. The van der Waals surface area contributed by atoms with E-state index in [2.05, 4.69) is 39.9 Å². The van der Waals surface area contributed by atoms with Crippen LogP contribution in [0.5, 0.6) is 0 Å². The summed E-state index contributed by atoms with van der Waals surface area (Å²) in [7, 11) is 0. The zero-order chi connectivity index (χ0) is 16.5. The Balaban J connectivity index is 1.52. The van der Waals surface area contributed by atoms with Gasteiger partial charge in [-0.2, -0.15) is 0 Å². The van der Waals surface area contributed by atoms with E-state index in [4.69, 9.17) is 4.98 Å². The molecule has 24 heavy (non-hydrogen) atoms. The number of carbonyl (C=O) groups is 1. The summed E-state index contributed by atoms with van der Waals surface area (Å²) in [5, 5.41) is 3.15. The highest BCUT2D eigenvalue weighted by atomic mass is 16.1. The smallest absolute Gasteiger partial charge is 0.224 e. The number of piperidine rings is 1. The van der Waals surface area contributed by atoms with Crippen molar-refractivity contribution in [1.82, 2.24) is 14.9 Å². The minimum absolute atomic E-state index is 0.0858. The predicted molar refractivity (Wildman–Crippen MR) is 96.1 cm³/mol. The molecule has 128 valence electrons. The number of nitrogens with one attached hydrogen (secondary N) is 1. The number of para-hydroxylation sites is 2. The van der Waals surface area contributed by atoms with Gasteiger partial charge in [-0.05, 0) is 50.7 Å². The number of anilines is 1. The molecule has 1 amide bonds. The van der Waals surface area contributed by atoms with Gasteiger partial charge >= 0.3 is 0 Å². The Morgan fingerprint density at radius 3 is 2.92 bits per heavy atom. The van der Waals surface area contributed by atoms with E-state index in [0.29, 0.717) is 0 Å². The zero-order valence-corrected chi connectivity index (χ0v) is 14.4. The summed E-state index contributed by atoms with van der Waals surface area (Å²) >= 11 is 0. The molecule has 2 heterocycles. The molecule has 1 aromatic carbocycles. The van der Waals surface area contributed by atoms with Crippen LogP contribution < -0.4 is 10.2 Å². The minimum atomic E-state index is 0.0858. The lowest BCUT2D eigenvalue weighted by atomic mass is 9.97. The predicted octanol–water partition coefficient (Wildman–Crippen LogP) is 2.80. The number of hydrogen-bond acceptors (Lipinski definition) is 3. The molecule has 5 heteroatoms. The molecule has 2 aliphatic rings. The van der Waals surface area contributed by atoms with E-state index in [1.807, 2.05) is 6.07 Å². The third kappa shape index (κ3) is 2.99. The SMILES string of the molecule is CCn1c(N2CCC[C@@H](C(=O)NCC3CC3)C2)nc2ccccc21. The number of imidazole rings is 1. The summed E-state index contributed by atoms with van der Waals surface area (Å²) in [5.74, 6) is 2.06. The van der Waals surface area contributed by atoms with Crippen LogP contribution in [-0.2, 0) is 11.3 Å².